The first-order chi connectivity index (χ1) is 7.22. The lowest BCUT2D eigenvalue weighted by Crippen LogP contribution is -2.25. The third-order valence-electron chi connectivity index (χ3n) is 1.73. The molecule has 0 aliphatic carbocycles. The zero-order valence-electron chi connectivity index (χ0n) is 9.04. The second kappa shape index (κ2) is 6.34. The predicted octanol–water partition coefficient (Wildman–Crippen LogP) is 1.17. The molecular weight excluding hydrogens is 212 g/mol. The number of nitrogens with one attached hydrogen (secondary N) is 2. The molecule has 0 bridgehead atoms. The highest BCUT2D eigenvalue weighted by Gasteiger charge is 2.01. The van der Waals surface area contributed by atoms with E-state index >= 15 is 0 Å². The van der Waals surface area contributed by atoms with Gasteiger partial charge in [-0.1, -0.05) is 18.3 Å². The summed E-state index contributed by atoms with van der Waals surface area (Å²) in [4.78, 5) is 11.2. The number of amides is 1. The third-order valence-corrected chi connectivity index (χ3v) is 2.52. The molecule has 2 N–H and O–H groups in total. The summed E-state index contributed by atoms with van der Waals surface area (Å²) in [5.74, 6) is 0.0746. The first-order valence-electron chi connectivity index (χ1n) is 5.03. The largest absolute Gasteiger partial charge is 0.360 e. The molecule has 0 radical (unpaired) electrons. The van der Waals surface area contributed by atoms with E-state index in [-0.39, 0.29) is 5.91 Å². The topological polar surface area (TPSA) is 66.9 Å². The van der Waals surface area contributed by atoms with E-state index < -0.39 is 0 Å². The first kappa shape index (κ1) is 11.9. The Morgan fingerprint density at radius 3 is 2.80 bits per heavy atom. The molecule has 6 heteroatoms. The maximum absolute atomic E-state index is 11.2. The Morgan fingerprint density at radius 1 is 1.40 bits per heavy atom. The van der Waals surface area contributed by atoms with E-state index in [1.54, 1.807) is 0 Å². The molecule has 0 fully saturated rings. The van der Waals surface area contributed by atoms with Crippen LogP contribution >= 0.6 is 11.3 Å². The number of rotatable bonds is 6. The van der Waals surface area contributed by atoms with Crippen LogP contribution in [0.4, 0.5) is 5.13 Å². The van der Waals surface area contributed by atoms with Crippen LogP contribution in [0.2, 0.25) is 0 Å². The van der Waals surface area contributed by atoms with Crippen molar-refractivity contribution in [1.29, 1.82) is 0 Å². The quantitative estimate of drug-likeness (QED) is 0.767. The molecule has 15 heavy (non-hydrogen) atoms. The lowest BCUT2D eigenvalue weighted by Gasteiger charge is -2.03. The minimum atomic E-state index is 0.0746. The third kappa shape index (κ3) is 4.73. The zero-order valence-corrected chi connectivity index (χ0v) is 9.86. The van der Waals surface area contributed by atoms with Gasteiger partial charge in [-0.05, 0) is 13.3 Å². The highest BCUT2D eigenvalue weighted by Crippen LogP contribution is 2.12. The SMILES string of the molecule is CCCNC(=O)CCNc1nnc(C)s1. The average molecular weight is 228 g/mol. The molecule has 1 aromatic heterocycles. The van der Waals surface area contributed by atoms with E-state index in [1.165, 1.54) is 11.3 Å². The molecular formula is C9H16N4OS. The standard InChI is InChI=1S/C9H16N4OS/c1-3-5-10-8(14)4-6-11-9-13-12-7(2)15-9/h3-6H2,1-2H3,(H,10,14)(H,11,13). The number of hydrogen-bond acceptors (Lipinski definition) is 5. The van der Waals surface area contributed by atoms with Crippen molar-refractivity contribution in [2.75, 3.05) is 18.4 Å². The van der Waals surface area contributed by atoms with E-state index in [2.05, 4.69) is 20.8 Å². The number of aryl methyl sites for hydroxylation is 1. The summed E-state index contributed by atoms with van der Waals surface area (Å²) in [6.45, 7) is 5.28. The lowest BCUT2D eigenvalue weighted by atomic mass is 10.4. The van der Waals surface area contributed by atoms with E-state index in [1.807, 2.05) is 13.8 Å². The van der Waals surface area contributed by atoms with Gasteiger partial charge < -0.3 is 10.6 Å². The number of hydrogen-bond donors (Lipinski definition) is 2. The van der Waals surface area contributed by atoms with Crippen molar-refractivity contribution in [3.63, 3.8) is 0 Å². The minimum absolute atomic E-state index is 0.0746. The molecule has 1 aromatic rings. The van der Waals surface area contributed by atoms with E-state index in [4.69, 9.17) is 0 Å². The number of carbonyl (C=O) groups is 1. The fraction of sp³-hybridized carbons (Fsp3) is 0.667. The van der Waals surface area contributed by atoms with Crippen LogP contribution in [-0.2, 0) is 4.79 Å². The van der Waals surface area contributed by atoms with Gasteiger partial charge in [0.15, 0.2) is 0 Å². The Balaban J connectivity index is 2.13. The Hall–Kier alpha value is -1.17. The summed E-state index contributed by atoms with van der Waals surface area (Å²) in [6, 6.07) is 0. The second-order valence-electron chi connectivity index (χ2n) is 3.15. The summed E-state index contributed by atoms with van der Waals surface area (Å²) in [6.07, 6.45) is 1.44. The fourth-order valence-corrected chi connectivity index (χ4v) is 1.62. The highest BCUT2D eigenvalue weighted by atomic mass is 32.1. The Labute approximate surface area is 93.3 Å². The maximum atomic E-state index is 11.2. The van der Waals surface area contributed by atoms with Crippen molar-refractivity contribution in [2.24, 2.45) is 0 Å². The molecule has 0 saturated heterocycles. The monoisotopic (exact) mass is 228 g/mol. The molecule has 0 atom stereocenters. The minimum Gasteiger partial charge on any atom is -0.360 e. The van der Waals surface area contributed by atoms with Crippen LogP contribution in [0.1, 0.15) is 24.8 Å². The van der Waals surface area contributed by atoms with Crippen molar-refractivity contribution in [3.8, 4) is 0 Å². The van der Waals surface area contributed by atoms with E-state index in [0.717, 1.165) is 23.1 Å². The molecule has 0 aliphatic heterocycles. The summed E-state index contributed by atoms with van der Waals surface area (Å²) in [5, 5.41) is 15.3. The van der Waals surface area contributed by atoms with Crippen LogP contribution in [0.3, 0.4) is 0 Å². The van der Waals surface area contributed by atoms with Crippen molar-refractivity contribution in [1.82, 2.24) is 15.5 Å². The summed E-state index contributed by atoms with van der Waals surface area (Å²) >= 11 is 1.49. The van der Waals surface area contributed by atoms with Crippen LogP contribution in [-0.4, -0.2) is 29.2 Å². The predicted molar refractivity (Wildman–Crippen MR) is 61.1 cm³/mol. The molecule has 0 spiro atoms. The molecule has 5 nitrogen and oxygen atoms in total. The maximum Gasteiger partial charge on any atom is 0.221 e. The van der Waals surface area contributed by atoms with Gasteiger partial charge in [0.2, 0.25) is 11.0 Å². The average Bonchev–Trinajstić information content (AvgIpc) is 2.61. The van der Waals surface area contributed by atoms with E-state index in [9.17, 15) is 4.79 Å². The fourth-order valence-electron chi connectivity index (χ4n) is 1.00. The number of aromatic nitrogens is 2. The molecule has 0 saturated carbocycles. The van der Waals surface area contributed by atoms with Crippen molar-refractivity contribution < 1.29 is 4.79 Å². The lowest BCUT2D eigenvalue weighted by molar-refractivity contribution is -0.120. The Bertz CT molecular complexity index is 313. The smallest absolute Gasteiger partial charge is 0.221 e. The van der Waals surface area contributed by atoms with Gasteiger partial charge in [-0.25, -0.2) is 0 Å². The van der Waals surface area contributed by atoms with Crippen LogP contribution in [0.15, 0.2) is 0 Å². The van der Waals surface area contributed by atoms with Crippen molar-refractivity contribution in [3.05, 3.63) is 5.01 Å². The molecule has 0 aliphatic rings. The van der Waals surface area contributed by atoms with Gasteiger partial charge >= 0.3 is 0 Å². The number of nitrogens with zero attached hydrogens (tertiary/aromatic N) is 2. The van der Waals surface area contributed by atoms with Crippen LogP contribution in [0, 0.1) is 6.92 Å². The molecule has 1 rings (SSSR count). The molecule has 84 valence electrons. The van der Waals surface area contributed by atoms with E-state index in [0.29, 0.717) is 13.0 Å². The van der Waals surface area contributed by atoms with Crippen LogP contribution < -0.4 is 10.6 Å². The Kier molecular flexibility index (Phi) is 5.03. The number of anilines is 1. The van der Waals surface area contributed by atoms with Gasteiger partial charge in [0, 0.05) is 19.5 Å². The molecule has 0 aromatic carbocycles. The molecule has 0 unspecified atom stereocenters. The Morgan fingerprint density at radius 2 is 2.20 bits per heavy atom. The summed E-state index contributed by atoms with van der Waals surface area (Å²) in [7, 11) is 0. The molecule has 1 amide bonds. The van der Waals surface area contributed by atoms with Crippen LogP contribution in [0.5, 0.6) is 0 Å². The van der Waals surface area contributed by atoms with Gasteiger partial charge in [0.25, 0.3) is 0 Å². The van der Waals surface area contributed by atoms with Crippen molar-refractivity contribution in [2.45, 2.75) is 26.7 Å². The van der Waals surface area contributed by atoms with Gasteiger partial charge in [0.05, 0.1) is 0 Å². The second-order valence-corrected chi connectivity index (χ2v) is 4.33. The molecule has 1 heterocycles. The number of carbonyl (C=O) groups excluding carboxylic acids is 1. The normalized spacial score (nSPS) is 10.0. The first-order valence-corrected chi connectivity index (χ1v) is 5.84. The van der Waals surface area contributed by atoms with Crippen molar-refractivity contribution >= 4 is 22.4 Å². The highest BCUT2D eigenvalue weighted by molar-refractivity contribution is 7.15. The zero-order chi connectivity index (χ0) is 11.1. The van der Waals surface area contributed by atoms with Gasteiger partial charge in [-0.2, -0.15) is 0 Å². The van der Waals surface area contributed by atoms with Gasteiger partial charge in [-0.3, -0.25) is 4.79 Å². The van der Waals surface area contributed by atoms with Crippen LogP contribution in [0.25, 0.3) is 0 Å². The van der Waals surface area contributed by atoms with Gasteiger partial charge in [-0.15, -0.1) is 10.2 Å². The summed E-state index contributed by atoms with van der Waals surface area (Å²) in [5.41, 5.74) is 0. The summed E-state index contributed by atoms with van der Waals surface area (Å²) < 4.78 is 0. The van der Waals surface area contributed by atoms with Gasteiger partial charge in [0.1, 0.15) is 5.01 Å².